The molecule has 0 aromatic heterocycles. The molecule has 4 nitrogen and oxygen atoms in total. The summed E-state index contributed by atoms with van der Waals surface area (Å²) >= 11 is 0. The maximum Gasteiger partial charge on any atom is 0.306 e. The third kappa shape index (κ3) is 26.7. The summed E-state index contributed by atoms with van der Waals surface area (Å²) < 4.78 is 5.96. The molecule has 1 N–H and O–H groups in total. The summed E-state index contributed by atoms with van der Waals surface area (Å²) in [6.45, 7) is 14.7. The Hall–Kier alpha value is -0.870. The lowest BCUT2D eigenvalue weighted by molar-refractivity contribution is -0.149. The van der Waals surface area contributed by atoms with Gasteiger partial charge in [0.25, 0.3) is 0 Å². The van der Waals surface area contributed by atoms with Gasteiger partial charge in [0.1, 0.15) is 6.10 Å². The molecular formula is C34H68N2O2. The fraction of sp³-hybridized carbons (Fsp3) is 0.912. The Morgan fingerprint density at radius 2 is 1.18 bits per heavy atom. The first-order valence-corrected chi connectivity index (χ1v) is 16.9. The second kappa shape index (κ2) is 30.7. The van der Waals surface area contributed by atoms with Crippen LogP contribution >= 0.6 is 0 Å². The zero-order valence-electron chi connectivity index (χ0n) is 26.4. The van der Waals surface area contributed by atoms with Crippen LogP contribution < -0.4 is 5.32 Å². The number of unbranched alkanes of at least 4 members (excludes halogenated alkanes) is 14. The molecule has 0 fully saturated rings. The van der Waals surface area contributed by atoms with Gasteiger partial charge in [-0.25, -0.2) is 0 Å². The number of likely N-dealkylation sites (N-methyl/N-ethyl adjacent to an activating group) is 1. The van der Waals surface area contributed by atoms with Crippen LogP contribution in [0.25, 0.3) is 0 Å². The number of rotatable bonds is 30. The van der Waals surface area contributed by atoms with Crippen LogP contribution in [0.2, 0.25) is 0 Å². The molecule has 4 heteroatoms. The van der Waals surface area contributed by atoms with E-state index in [1.54, 1.807) is 0 Å². The Labute approximate surface area is 239 Å². The summed E-state index contributed by atoms with van der Waals surface area (Å²) in [5.41, 5.74) is 0. The van der Waals surface area contributed by atoms with E-state index in [1.165, 1.54) is 109 Å². The van der Waals surface area contributed by atoms with Crippen molar-refractivity contribution >= 4 is 5.97 Å². The maximum absolute atomic E-state index is 12.5. The summed E-state index contributed by atoms with van der Waals surface area (Å²) in [6, 6.07) is 0. The molecular weight excluding hydrogens is 468 g/mol. The fourth-order valence-corrected chi connectivity index (χ4v) is 5.02. The highest BCUT2D eigenvalue weighted by molar-refractivity contribution is 5.69. The zero-order chi connectivity index (χ0) is 27.9. The molecule has 1 atom stereocenters. The van der Waals surface area contributed by atoms with Crippen LogP contribution in [0.15, 0.2) is 12.2 Å². The van der Waals surface area contributed by atoms with Crippen molar-refractivity contribution in [2.24, 2.45) is 0 Å². The number of carbonyl (C=O) groups excluding carboxylic acids is 1. The molecule has 0 heterocycles. The van der Waals surface area contributed by atoms with Crippen LogP contribution in [0.1, 0.15) is 163 Å². The highest BCUT2D eigenvalue weighted by Crippen LogP contribution is 2.18. The zero-order valence-corrected chi connectivity index (χ0v) is 26.4. The van der Waals surface area contributed by atoms with Gasteiger partial charge in [-0.15, -0.1) is 0 Å². The van der Waals surface area contributed by atoms with Crippen molar-refractivity contribution in [3.05, 3.63) is 12.2 Å². The molecule has 0 bridgehead atoms. The molecule has 0 unspecified atom stereocenters. The van der Waals surface area contributed by atoms with Crippen LogP contribution in [0.3, 0.4) is 0 Å². The van der Waals surface area contributed by atoms with Crippen molar-refractivity contribution in [1.82, 2.24) is 10.2 Å². The largest absolute Gasteiger partial charge is 0.462 e. The van der Waals surface area contributed by atoms with Gasteiger partial charge in [0, 0.05) is 19.5 Å². The minimum Gasteiger partial charge on any atom is -0.462 e. The van der Waals surface area contributed by atoms with Crippen molar-refractivity contribution in [1.29, 1.82) is 0 Å². The van der Waals surface area contributed by atoms with Gasteiger partial charge in [-0.2, -0.15) is 0 Å². The molecule has 226 valence electrons. The third-order valence-electron chi connectivity index (χ3n) is 7.71. The molecule has 0 spiro atoms. The average Bonchev–Trinajstić information content (AvgIpc) is 2.92. The number of ether oxygens (including phenoxy) is 1. The van der Waals surface area contributed by atoms with Gasteiger partial charge >= 0.3 is 5.97 Å². The standard InChI is InChI=1S/C34H68N2O2/c1-5-9-11-13-16-21-25-29-34(37)38-33(27-23-19-14-12-10-6-2)28-24-20-17-15-18-22-26-30-35-31-32-36(7-3)8-4/h16,21,33,35H,5-15,17-20,22-32H2,1-4H3/b21-16-/t33-/m1/s1. The molecule has 0 saturated heterocycles. The molecule has 0 aromatic carbocycles. The molecule has 38 heavy (non-hydrogen) atoms. The summed E-state index contributed by atoms with van der Waals surface area (Å²) in [7, 11) is 0. The van der Waals surface area contributed by atoms with Crippen LogP contribution in [0, 0.1) is 0 Å². The summed E-state index contributed by atoms with van der Waals surface area (Å²) in [6.07, 6.45) is 29.8. The molecule has 0 rings (SSSR count). The minimum absolute atomic E-state index is 0.00453. The van der Waals surface area contributed by atoms with Crippen molar-refractivity contribution in [2.75, 3.05) is 32.7 Å². The predicted octanol–water partition coefficient (Wildman–Crippen LogP) is 9.62. The lowest BCUT2D eigenvalue weighted by Gasteiger charge is -2.18. The maximum atomic E-state index is 12.5. The number of nitrogens with one attached hydrogen (secondary N) is 1. The minimum atomic E-state index is 0.00453. The first kappa shape index (κ1) is 37.1. The van der Waals surface area contributed by atoms with Crippen molar-refractivity contribution < 1.29 is 9.53 Å². The molecule has 0 aliphatic carbocycles. The highest BCUT2D eigenvalue weighted by atomic mass is 16.5. The van der Waals surface area contributed by atoms with Gasteiger partial charge in [-0.3, -0.25) is 4.79 Å². The smallest absolute Gasteiger partial charge is 0.306 e. The third-order valence-corrected chi connectivity index (χ3v) is 7.71. The van der Waals surface area contributed by atoms with Gasteiger partial charge < -0.3 is 15.0 Å². The lowest BCUT2D eigenvalue weighted by Crippen LogP contribution is -2.32. The Kier molecular flexibility index (Phi) is 30.0. The molecule has 0 saturated carbocycles. The van der Waals surface area contributed by atoms with E-state index in [1.807, 2.05) is 0 Å². The van der Waals surface area contributed by atoms with Crippen molar-refractivity contribution in [3.8, 4) is 0 Å². The van der Waals surface area contributed by atoms with Crippen molar-refractivity contribution in [2.45, 2.75) is 169 Å². The molecule has 0 radical (unpaired) electrons. The van der Waals surface area contributed by atoms with Crippen LogP contribution in [0.5, 0.6) is 0 Å². The first-order chi connectivity index (χ1) is 18.7. The summed E-state index contributed by atoms with van der Waals surface area (Å²) in [5.74, 6) is 0.00453. The van der Waals surface area contributed by atoms with Gasteiger partial charge in [0.15, 0.2) is 0 Å². The van der Waals surface area contributed by atoms with E-state index >= 15 is 0 Å². The van der Waals surface area contributed by atoms with Crippen LogP contribution in [-0.2, 0) is 9.53 Å². The lowest BCUT2D eigenvalue weighted by atomic mass is 10.0. The Balaban J connectivity index is 3.99. The number of esters is 1. The summed E-state index contributed by atoms with van der Waals surface area (Å²) in [4.78, 5) is 14.9. The molecule has 0 aliphatic heterocycles. The number of hydrogen-bond donors (Lipinski definition) is 1. The van der Waals surface area contributed by atoms with Gasteiger partial charge in [0.2, 0.25) is 0 Å². The molecule has 0 aromatic rings. The molecule has 0 aliphatic rings. The number of carbonyl (C=O) groups is 1. The van der Waals surface area contributed by atoms with E-state index in [0.717, 1.165) is 51.9 Å². The quantitative estimate of drug-likeness (QED) is 0.0563. The van der Waals surface area contributed by atoms with Gasteiger partial charge in [0.05, 0.1) is 0 Å². The van der Waals surface area contributed by atoms with E-state index in [4.69, 9.17) is 4.74 Å². The van der Waals surface area contributed by atoms with Crippen molar-refractivity contribution in [3.63, 3.8) is 0 Å². The van der Waals surface area contributed by atoms with Crippen LogP contribution in [0.4, 0.5) is 0 Å². The van der Waals surface area contributed by atoms with Crippen LogP contribution in [-0.4, -0.2) is 49.7 Å². The molecule has 0 amide bonds. The van der Waals surface area contributed by atoms with Gasteiger partial charge in [-0.1, -0.05) is 117 Å². The van der Waals surface area contributed by atoms with E-state index in [-0.39, 0.29) is 12.1 Å². The fourth-order valence-electron chi connectivity index (χ4n) is 5.02. The second-order valence-corrected chi connectivity index (χ2v) is 11.2. The monoisotopic (exact) mass is 537 g/mol. The normalized spacial score (nSPS) is 12.6. The summed E-state index contributed by atoms with van der Waals surface area (Å²) in [5, 5.41) is 3.59. The van der Waals surface area contributed by atoms with E-state index in [0.29, 0.717) is 6.42 Å². The Bertz CT molecular complexity index is 505. The highest BCUT2D eigenvalue weighted by Gasteiger charge is 2.14. The predicted molar refractivity (Wildman–Crippen MR) is 168 cm³/mol. The van der Waals surface area contributed by atoms with E-state index in [9.17, 15) is 4.79 Å². The number of hydrogen-bond acceptors (Lipinski definition) is 4. The van der Waals surface area contributed by atoms with Gasteiger partial charge in [-0.05, 0) is 71.0 Å². The van der Waals surface area contributed by atoms with E-state index < -0.39 is 0 Å². The topological polar surface area (TPSA) is 41.6 Å². The Morgan fingerprint density at radius 3 is 1.79 bits per heavy atom. The second-order valence-electron chi connectivity index (χ2n) is 11.2. The van der Waals surface area contributed by atoms with E-state index in [2.05, 4.69) is 50.1 Å². The Morgan fingerprint density at radius 1 is 0.658 bits per heavy atom. The number of nitrogens with zero attached hydrogens (tertiary/aromatic N) is 1. The number of allylic oxidation sites excluding steroid dienone is 2. The first-order valence-electron chi connectivity index (χ1n) is 16.9. The SMILES string of the molecule is CCCCC/C=C\CCC(=O)O[C@H](CCCCCCCC)CCCCCCCCCNCCN(CC)CC. The average molecular weight is 537 g/mol.